The zero-order valence-electron chi connectivity index (χ0n) is 83.0. The van der Waals surface area contributed by atoms with Crippen LogP contribution in [0.25, 0.3) is 66.2 Å². The van der Waals surface area contributed by atoms with E-state index in [1.165, 1.54) is 152 Å². The normalized spacial score (nSPS) is 27.3. The Morgan fingerprint density at radius 1 is 0.325 bits per heavy atom. The average Bonchev–Trinajstić information content (AvgIpc) is 1.52. The zero-order valence-corrected chi connectivity index (χ0v) is 76.0. The summed E-state index contributed by atoms with van der Waals surface area (Å²) in [7, 11) is 0. The second-order valence-electron chi connectivity index (χ2n) is 41.5. The highest BCUT2D eigenvalue weighted by Crippen LogP contribution is 2.61. The molecule has 0 radical (unpaired) electrons. The standard InChI is InChI=1S/C25H32N2O.C24H30N2O.C22H28N2O.C19H29N.C16H25N/c1-16-9-11-19-20-12-10-17(2)26-23(20)28-22(19)21(16)27-18(3)25(15-24(27,4)5)13-7-6-8-14-25;1-16-10-11-18-19-9-8-14-25-22(19)27-21(18)20(16)26-17(2)24(15-23(26,3)4)12-6-5-7-13-24;1-13-8-10-16-17-11-9-14(2)23-20(17)25-19(16)18(13)24-15(3)21(4,5)12-22(24,6)7;1-15-10-6-7-11-17(15)20-16(2)19(14-18(20,3)4)12-8-5-9-13-19;1-12-9-7-8-10-14(12)17-13(2)15(3,4)11-16(17,5)6/h9-12,18H,6-8,13-15H2,1-5H3;8-11,14,17H,5-7,12-13,15H2,1-4H3;8-11,15H,12H2,1-7H3;6-7,10-11,16H,5,8-9,12-14H2,1-4H3;7-10,13H,11H2,1-6H3/t18-;17-;15-;16-;13-/m00000/s1/i;;;14D2;3D3,11D2/t;;;m;13-,15?. The van der Waals surface area contributed by atoms with Crippen molar-refractivity contribution in [3.05, 3.63) is 167 Å². The number of aromatic nitrogens is 3. The molecule has 1 unspecified atom stereocenters. The number of nitrogens with zero attached hydrogens (tertiary/aromatic N) is 8. The Labute approximate surface area is 713 Å². The van der Waals surface area contributed by atoms with Crippen molar-refractivity contribution in [2.45, 2.75) is 366 Å². The summed E-state index contributed by atoms with van der Waals surface area (Å²) in [5.41, 5.74) is 17.7. The Morgan fingerprint density at radius 2 is 0.667 bits per heavy atom. The minimum absolute atomic E-state index is 0.0876. The van der Waals surface area contributed by atoms with Crippen molar-refractivity contribution in [1.82, 2.24) is 15.0 Å². The Morgan fingerprint density at radius 3 is 1.06 bits per heavy atom. The van der Waals surface area contributed by atoms with Crippen LogP contribution in [0.3, 0.4) is 0 Å². The van der Waals surface area contributed by atoms with Crippen LogP contribution in [0.15, 0.2) is 141 Å². The molecule has 3 saturated carbocycles. The van der Waals surface area contributed by atoms with Crippen molar-refractivity contribution in [3.63, 3.8) is 0 Å². The van der Waals surface area contributed by atoms with Gasteiger partial charge in [-0.2, -0.15) is 0 Å². The van der Waals surface area contributed by atoms with E-state index in [9.17, 15) is 0 Å². The molecule has 11 aromatic rings. The fourth-order valence-corrected chi connectivity index (χ4v) is 25.1. The van der Waals surface area contributed by atoms with Gasteiger partial charge in [-0.25, -0.2) is 15.0 Å². The first kappa shape index (κ1) is 75.2. The molecule has 8 aliphatic rings. The number of benzene rings is 5. The molecule has 6 aromatic heterocycles. The maximum absolute atomic E-state index is 9.04. The highest BCUT2D eigenvalue weighted by atomic mass is 16.3. The molecule has 0 amide bonds. The first-order valence-corrected chi connectivity index (χ1v) is 44.9. The van der Waals surface area contributed by atoms with Crippen molar-refractivity contribution in [3.8, 4) is 0 Å². The molecule has 19 rings (SSSR count). The molecule has 3 spiro atoms. The summed E-state index contributed by atoms with van der Waals surface area (Å²) in [4.78, 5) is 26.1. The van der Waals surface area contributed by atoms with Crippen LogP contribution in [-0.2, 0) is 0 Å². The van der Waals surface area contributed by atoms with Crippen molar-refractivity contribution in [2.24, 2.45) is 27.1 Å². The van der Waals surface area contributed by atoms with Crippen molar-refractivity contribution < 1.29 is 22.8 Å². The summed E-state index contributed by atoms with van der Waals surface area (Å²) < 4.78 is 78.3. The minimum Gasteiger partial charge on any atom is -0.436 e. The van der Waals surface area contributed by atoms with Gasteiger partial charge in [-0.05, 0) is 326 Å². The number of furan rings is 3. The van der Waals surface area contributed by atoms with E-state index in [4.69, 9.17) is 22.8 Å². The fraction of sp³-hybridized carbons (Fsp3) is 0.575. The van der Waals surface area contributed by atoms with E-state index in [0.717, 1.165) is 97.3 Å². The summed E-state index contributed by atoms with van der Waals surface area (Å²) in [6.45, 7) is 52.2. The van der Waals surface area contributed by atoms with Crippen LogP contribution in [0, 0.1) is 75.5 Å². The zero-order chi connectivity index (χ0) is 89.9. The summed E-state index contributed by atoms with van der Waals surface area (Å²) in [5, 5.41) is 6.88. The van der Waals surface area contributed by atoms with E-state index in [-0.39, 0.29) is 33.5 Å². The van der Waals surface area contributed by atoms with Crippen molar-refractivity contribution >= 4 is 94.6 Å². The third-order valence-electron chi connectivity index (χ3n) is 30.4. The molecule has 0 N–H and O–H groups in total. The van der Waals surface area contributed by atoms with Gasteiger partial charge in [-0.3, -0.25) is 0 Å². The molecule has 6 atom stereocenters. The lowest BCUT2D eigenvalue weighted by Crippen LogP contribution is -2.44. The van der Waals surface area contributed by atoms with E-state index in [2.05, 4.69) is 250 Å². The molecule has 8 fully saturated rings. The van der Waals surface area contributed by atoms with Gasteiger partial charge in [0.1, 0.15) is 0 Å². The number of fused-ring (bicyclic) bond motifs is 9. The van der Waals surface area contributed by atoms with Crippen LogP contribution < -0.4 is 24.5 Å². The van der Waals surface area contributed by atoms with Gasteiger partial charge in [0.15, 0.2) is 16.7 Å². The summed E-state index contributed by atoms with van der Waals surface area (Å²) in [6.07, 6.45) is 21.9. The molecule has 0 bridgehead atoms. The van der Waals surface area contributed by atoms with Gasteiger partial charge in [0.05, 0.1) is 17.1 Å². The highest BCUT2D eigenvalue weighted by molar-refractivity contribution is 6.11. The van der Waals surface area contributed by atoms with E-state index >= 15 is 0 Å². The van der Waals surface area contributed by atoms with Crippen molar-refractivity contribution in [2.75, 3.05) is 24.5 Å². The number of aryl methyl sites for hydroxylation is 7. The third kappa shape index (κ3) is 14.8. The number of anilines is 5. The number of hydrogen-bond acceptors (Lipinski definition) is 11. The highest BCUT2D eigenvalue weighted by Gasteiger charge is 2.58. The molecular formula is C106H144N8O3. The SMILES string of the molecule is Cc1ccc2c(n1)oc1c(N3[C@@H](C)C(C)(C)CC3(C)C)c(C)ccc12.Cc1ccc2c(n1)oc1c(N3[C@@H](C)C4(CCCCC4)CC3(C)C)c(C)ccc12.Cc1ccc2c(oc3ncccc32)c1N1[C@@H](C)C2(CCCCC2)CC1(C)C.[2H]C([2H])([2H])C1(C)[C@H](C)N(c2ccccc2C)C(C)(C)C1([2H])[2H].[2H]C1([2H])C2(CCCCC2)[C@H](C)N(c2ccccc2C)C1(C)C. The quantitative estimate of drug-likeness (QED) is 0.165. The second-order valence-corrected chi connectivity index (χ2v) is 41.5. The van der Waals surface area contributed by atoms with Crippen LogP contribution in [0.1, 0.15) is 309 Å². The van der Waals surface area contributed by atoms with E-state index in [1.54, 1.807) is 20.8 Å². The molecule has 5 aromatic carbocycles. The Hall–Kier alpha value is -8.05. The number of para-hydroxylation sites is 2. The third-order valence-corrected chi connectivity index (χ3v) is 30.4. The number of hydrogen-bond donors (Lipinski definition) is 0. The average molecular weight is 1590 g/mol. The largest absolute Gasteiger partial charge is 0.436 e. The predicted octanol–water partition coefficient (Wildman–Crippen LogP) is 29.3. The lowest BCUT2D eigenvalue weighted by Gasteiger charge is -2.41. The van der Waals surface area contributed by atoms with Gasteiger partial charge in [-0.1, -0.05) is 158 Å². The van der Waals surface area contributed by atoms with E-state index < -0.39 is 42.1 Å². The van der Waals surface area contributed by atoms with Crippen LogP contribution in [0.2, 0.25) is 0 Å². The van der Waals surface area contributed by atoms with E-state index in [0.29, 0.717) is 29.0 Å². The minimum atomic E-state index is -2.38. The van der Waals surface area contributed by atoms with Crippen LogP contribution >= 0.6 is 0 Å². The molecule has 11 nitrogen and oxygen atoms in total. The Balaban J connectivity index is 0.000000120. The molecule has 11 heterocycles. The lowest BCUT2D eigenvalue weighted by atomic mass is 9.68. The molecule has 5 aliphatic heterocycles. The van der Waals surface area contributed by atoms with Gasteiger partial charge in [0.25, 0.3) is 0 Å². The molecule has 3 aliphatic carbocycles. The Kier molecular flexibility index (Phi) is 19.6. The molecule has 626 valence electrons. The maximum atomic E-state index is 9.04. The Bertz CT molecular complexity index is 5800. The first-order chi connectivity index (χ1) is 57.9. The number of pyridine rings is 3. The smallest absolute Gasteiger partial charge is 0.227 e. The van der Waals surface area contributed by atoms with Gasteiger partial charge in [-0.15, -0.1) is 0 Å². The summed E-state index contributed by atoms with van der Waals surface area (Å²) in [5.74, 6) is 0. The summed E-state index contributed by atoms with van der Waals surface area (Å²) in [6, 6.07) is 43.3. The lowest BCUT2D eigenvalue weighted by molar-refractivity contribution is 0.170. The van der Waals surface area contributed by atoms with E-state index in [1.807, 2.05) is 69.1 Å². The molecule has 117 heavy (non-hydrogen) atoms. The molecule has 5 saturated heterocycles. The van der Waals surface area contributed by atoms with Crippen LogP contribution in [0.4, 0.5) is 28.4 Å². The first-order valence-electron chi connectivity index (χ1n) is 48.4. The topological polar surface area (TPSA) is 94.3 Å². The second kappa shape index (κ2) is 30.6. The maximum Gasteiger partial charge on any atom is 0.227 e. The monoisotopic (exact) mass is 1580 g/mol. The van der Waals surface area contributed by atoms with Gasteiger partial charge < -0.3 is 37.8 Å². The van der Waals surface area contributed by atoms with Gasteiger partial charge >= 0.3 is 0 Å². The molecule has 11 heteroatoms. The molecular weight excluding hydrogens is 1430 g/mol. The van der Waals surface area contributed by atoms with Gasteiger partial charge in [0, 0.05) is 129 Å². The fourth-order valence-electron chi connectivity index (χ4n) is 25.1. The van der Waals surface area contributed by atoms with Gasteiger partial charge in [0.2, 0.25) is 17.1 Å². The van der Waals surface area contributed by atoms with Crippen molar-refractivity contribution in [1.29, 1.82) is 0 Å². The van der Waals surface area contributed by atoms with Crippen LogP contribution in [-0.4, -0.2) is 72.9 Å². The van der Waals surface area contributed by atoms with Crippen LogP contribution in [0.5, 0.6) is 0 Å². The number of rotatable bonds is 5. The summed E-state index contributed by atoms with van der Waals surface area (Å²) >= 11 is 0. The predicted molar refractivity (Wildman–Crippen MR) is 498 cm³/mol.